The number of nitro groups is 1. The lowest BCUT2D eigenvalue weighted by Gasteiger charge is -2.27. The lowest BCUT2D eigenvalue weighted by Crippen LogP contribution is -2.29. The Bertz CT molecular complexity index is 1340. The summed E-state index contributed by atoms with van der Waals surface area (Å²) in [6.45, 7) is 2.07. The molecule has 1 atom stereocenters. The minimum absolute atomic E-state index is 0.0327. The van der Waals surface area contributed by atoms with Crippen molar-refractivity contribution >= 4 is 17.3 Å². The molecule has 1 aliphatic rings. The number of aromatic amines is 1. The zero-order valence-electron chi connectivity index (χ0n) is 16.3. The summed E-state index contributed by atoms with van der Waals surface area (Å²) in [5.74, 6) is 0.336. The molecule has 11 heteroatoms. The van der Waals surface area contributed by atoms with Crippen molar-refractivity contribution in [3.63, 3.8) is 0 Å². The molecule has 154 valence electrons. The van der Waals surface area contributed by atoms with Gasteiger partial charge >= 0.3 is 0 Å². The summed E-state index contributed by atoms with van der Waals surface area (Å²) in [5.41, 5.74) is 3.57. The first-order chi connectivity index (χ1) is 15.1. The van der Waals surface area contributed by atoms with Gasteiger partial charge in [0.2, 0.25) is 5.95 Å². The summed E-state index contributed by atoms with van der Waals surface area (Å²) in [7, 11) is 0. The SMILES string of the molecule is CCc1ccc([C@H]2c3c(-c4ccc([N+](=O)[O-])cc4)n[nH]c(=O)c3Nc3nnnn32)cc1. The van der Waals surface area contributed by atoms with Crippen LogP contribution in [0.4, 0.5) is 17.3 Å². The van der Waals surface area contributed by atoms with Crippen LogP contribution >= 0.6 is 0 Å². The van der Waals surface area contributed by atoms with E-state index in [0.717, 1.165) is 12.0 Å². The molecule has 0 spiro atoms. The first kappa shape index (κ1) is 18.6. The maximum atomic E-state index is 12.7. The van der Waals surface area contributed by atoms with Crippen LogP contribution in [0.25, 0.3) is 11.3 Å². The van der Waals surface area contributed by atoms with E-state index in [1.165, 1.54) is 17.7 Å². The Labute approximate surface area is 174 Å². The lowest BCUT2D eigenvalue weighted by atomic mass is 9.92. The molecule has 0 saturated heterocycles. The summed E-state index contributed by atoms with van der Waals surface area (Å²) in [6.07, 6.45) is 0.897. The van der Waals surface area contributed by atoms with E-state index in [0.29, 0.717) is 22.8 Å². The number of tetrazole rings is 1. The number of nitrogens with zero attached hydrogens (tertiary/aromatic N) is 6. The van der Waals surface area contributed by atoms with Crippen molar-refractivity contribution in [1.82, 2.24) is 30.4 Å². The van der Waals surface area contributed by atoms with Gasteiger partial charge < -0.3 is 5.32 Å². The van der Waals surface area contributed by atoms with Crippen LogP contribution in [0.3, 0.4) is 0 Å². The third-order valence-electron chi connectivity index (χ3n) is 5.32. The van der Waals surface area contributed by atoms with Gasteiger partial charge in [0.15, 0.2) is 0 Å². The topological polar surface area (TPSA) is 145 Å². The van der Waals surface area contributed by atoms with E-state index in [-0.39, 0.29) is 11.4 Å². The lowest BCUT2D eigenvalue weighted by molar-refractivity contribution is -0.384. The van der Waals surface area contributed by atoms with E-state index in [2.05, 4.69) is 38.0 Å². The van der Waals surface area contributed by atoms with Crippen LogP contribution in [-0.4, -0.2) is 35.3 Å². The molecule has 0 bridgehead atoms. The van der Waals surface area contributed by atoms with Crippen molar-refractivity contribution in [2.45, 2.75) is 19.4 Å². The fraction of sp³-hybridized carbons (Fsp3) is 0.150. The molecule has 1 aliphatic heterocycles. The van der Waals surface area contributed by atoms with Crippen LogP contribution in [0.5, 0.6) is 0 Å². The van der Waals surface area contributed by atoms with Crippen molar-refractivity contribution in [1.29, 1.82) is 0 Å². The summed E-state index contributed by atoms with van der Waals surface area (Å²) in [4.78, 5) is 23.2. The number of hydrogen-bond donors (Lipinski definition) is 2. The van der Waals surface area contributed by atoms with Crippen LogP contribution in [0.2, 0.25) is 0 Å². The molecule has 0 aliphatic carbocycles. The third kappa shape index (κ3) is 3.03. The van der Waals surface area contributed by atoms with E-state index in [9.17, 15) is 14.9 Å². The number of benzene rings is 2. The van der Waals surface area contributed by atoms with Gasteiger partial charge in [0.05, 0.1) is 10.6 Å². The van der Waals surface area contributed by atoms with E-state index in [4.69, 9.17) is 0 Å². The molecule has 4 aromatic rings. The number of aryl methyl sites for hydroxylation is 1. The summed E-state index contributed by atoms with van der Waals surface area (Å²) in [6, 6.07) is 13.5. The maximum absolute atomic E-state index is 12.7. The highest BCUT2D eigenvalue weighted by Crippen LogP contribution is 2.41. The zero-order chi connectivity index (χ0) is 21.5. The Kier molecular flexibility index (Phi) is 4.28. The van der Waals surface area contributed by atoms with Gasteiger partial charge in [-0.2, -0.15) is 9.78 Å². The predicted octanol–water partition coefficient (Wildman–Crippen LogP) is 2.59. The van der Waals surface area contributed by atoms with E-state index in [1.54, 1.807) is 16.8 Å². The Morgan fingerprint density at radius 3 is 2.55 bits per heavy atom. The monoisotopic (exact) mass is 416 g/mol. The Balaban J connectivity index is 1.74. The molecule has 0 fully saturated rings. The highest BCUT2D eigenvalue weighted by atomic mass is 16.6. The Morgan fingerprint density at radius 2 is 1.87 bits per heavy atom. The number of non-ortho nitro benzene ring substituents is 1. The van der Waals surface area contributed by atoms with E-state index >= 15 is 0 Å². The molecular weight excluding hydrogens is 400 g/mol. The molecule has 0 radical (unpaired) electrons. The highest BCUT2D eigenvalue weighted by molar-refractivity contribution is 5.75. The van der Waals surface area contributed by atoms with Gasteiger partial charge in [0, 0.05) is 23.3 Å². The van der Waals surface area contributed by atoms with Gasteiger partial charge in [-0.3, -0.25) is 14.9 Å². The van der Waals surface area contributed by atoms with Crippen LogP contribution < -0.4 is 10.9 Å². The summed E-state index contributed by atoms with van der Waals surface area (Å²) < 4.78 is 1.60. The smallest absolute Gasteiger partial charge is 0.288 e. The normalized spacial score (nSPS) is 14.4. The second-order valence-corrected chi connectivity index (χ2v) is 7.06. The van der Waals surface area contributed by atoms with Crippen LogP contribution in [0.1, 0.15) is 29.7 Å². The first-order valence-electron chi connectivity index (χ1n) is 9.58. The molecule has 5 rings (SSSR count). The van der Waals surface area contributed by atoms with Crippen LogP contribution in [0.15, 0.2) is 53.3 Å². The third-order valence-corrected chi connectivity index (χ3v) is 5.32. The van der Waals surface area contributed by atoms with Gasteiger partial charge in [0.25, 0.3) is 11.2 Å². The van der Waals surface area contributed by atoms with E-state index < -0.39 is 16.5 Å². The summed E-state index contributed by atoms with van der Waals surface area (Å²) >= 11 is 0. The molecule has 2 N–H and O–H groups in total. The number of rotatable bonds is 4. The number of H-pyrrole nitrogens is 1. The average molecular weight is 416 g/mol. The fourth-order valence-electron chi connectivity index (χ4n) is 3.74. The van der Waals surface area contributed by atoms with Gasteiger partial charge in [-0.25, -0.2) is 5.10 Å². The van der Waals surface area contributed by atoms with Crippen molar-refractivity contribution in [3.05, 3.63) is 85.7 Å². The van der Waals surface area contributed by atoms with Crippen molar-refractivity contribution in [3.8, 4) is 11.3 Å². The zero-order valence-corrected chi connectivity index (χ0v) is 16.3. The largest absolute Gasteiger partial charge is 0.318 e. The quantitative estimate of drug-likeness (QED) is 0.336. The van der Waals surface area contributed by atoms with Crippen molar-refractivity contribution < 1.29 is 4.92 Å². The van der Waals surface area contributed by atoms with Gasteiger partial charge in [-0.1, -0.05) is 36.3 Å². The summed E-state index contributed by atoms with van der Waals surface area (Å²) in [5, 5.41) is 32.6. The molecule has 11 nitrogen and oxygen atoms in total. The fourth-order valence-corrected chi connectivity index (χ4v) is 3.74. The van der Waals surface area contributed by atoms with Crippen molar-refractivity contribution in [2.24, 2.45) is 0 Å². The molecule has 0 saturated carbocycles. The number of aromatic nitrogens is 6. The standard InChI is InChI=1S/C20H16N8O3/c1-2-11-3-5-13(6-4-11)18-15-16(12-7-9-14(10-8-12)28(30)31)22-23-19(29)17(15)21-20-24-25-26-27(18)20/h3-10,18H,2H2,1H3,(H,23,29)(H,21,24,26)/t18-/m0/s1. The van der Waals surface area contributed by atoms with E-state index in [1.807, 2.05) is 24.3 Å². The number of nitrogens with one attached hydrogen (secondary N) is 2. The average Bonchev–Trinajstić information content (AvgIpc) is 3.27. The predicted molar refractivity (Wildman–Crippen MR) is 111 cm³/mol. The minimum Gasteiger partial charge on any atom is -0.318 e. The number of anilines is 2. The maximum Gasteiger partial charge on any atom is 0.288 e. The molecule has 2 aromatic carbocycles. The number of nitro benzene ring substituents is 1. The van der Waals surface area contributed by atoms with Gasteiger partial charge in [-0.05, 0) is 40.1 Å². The first-order valence-corrected chi connectivity index (χ1v) is 9.58. The number of fused-ring (bicyclic) bond motifs is 2. The van der Waals surface area contributed by atoms with Gasteiger partial charge in [-0.15, -0.1) is 0 Å². The second kappa shape index (κ2) is 7.13. The molecule has 31 heavy (non-hydrogen) atoms. The van der Waals surface area contributed by atoms with Crippen molar-refractivity contribution in [2.75, 3.05) is 5.32 Å². The minimum atomic E-state index is -0.507. The Morgan fingerprint density at radius 1 is 1.13 bits per heavy atom. The van der Waals surface area contributed by atoms with Crippen LogP contribution in [-0.2, 0) is 6.42 Å². The van der Waals surface area contributed by atoms with Crippen LogP contribution in [0, 0.1) is 10.1 Å². The molecular formula is C20H16N8O3. The second-order valence-electron chi connectivity index (χ2n) is 7.06. The molecule has 3 heterocycles. The molecule has 2 aromatic heterocycles. The molecule has 0 unspecified atom stereocenters. The Hall–Kier alpha value is -4.41. The highest BCUT2D eigenvalue weighted by Gasteiger charge is 2.34. The number of hydrogen-bond acceptors (Lipinski definition) is 8. The van der Waals surface area contributed by atoms with Gasteiger partial charge in [0.1, 0.15) is 11.7 Å². The molecule has 0 amide bonds.